The van der Waals surface area contributed by atoms with Crippen LogP contribution in [-0.4, -0.2) is 48.2 Å². The van der Waals surface area contributed by atoms with Gasteiger partial charge in [-0.25, -0.2) is 18.4 Å². The van der Waals surface area contributed by atoms with Gasteiger partial charge in [-0.15, -0.1) is 0 Å². The first-order chi connectivity index (χ1) is 16.1. The number of ether oxygens (including phenoxy) is 1. The van der Waals surface area contributed by atoms with Gasteiger partial charge in [-0.05, 0) is 28.2 Å². The number of hydrogen-bond acceptors (Lipinski definition) is 4. The van der Waals surface area contributed by atoms with E-state index in [-0.39, 0.29) is 12.5 Å². The third-order valence-electron chi connectivity index (χ3n) is 6.53. The number of carboxylic acid groups (broad SMARTS) is 1. The summed E-state index contributed by atoms with van der Waals surface area (Å²) in [7, 11) is 0. The maximum atomic E-state index is 14.2. The third-order valence-corrected chi connectivity index (χ3v) is 6.53. The van der Waals surface area contributed by atoms with Crippen LogP contribution in [0.4, 0.5) is 13.6 Å². The lowest BCUT2D eigenvalue weighted by Crippen LogP contribution is -2.45. The number of aliphatic carboxylic acids is 1. The molecule has 3 atom stereocenters. The zero-order chi connectivity index (χ0) is 24.6. The number of halogens is 2. The second-order valence-corrected chi connectivity index (χ2v) is 9.03. The van der Waals surface area contributed by atoms with Crippen LogP contribution in [0.1, 0.15) is 30.9 Å². The number of amides is 2. The summed E-state index contributed by atoms with van der Waals surface area (Å²) >= 11 is 0. The summed E-state index contributed by atoms with van der Waals surface area (Å²) in [6.07, 6.45) is -0.852. The van der Waals surface area contributed by atoms with Crippen molar-refractivity contribution in [2.24, 2.45) is 17.8 Å². The maximum Gasteiger partial charge on any atom is 0.407 e. The summed E-state index contributed by atoms with van der Waals surface area (Å²) in [5.41, 5.74) is 4.19. The first-order valence-corrected chi connectivity index (χ1v) is 11.1. The van der Waals surface area contributed by atoms with Gasteiger partial charge in [0, 0.05) is 12.5 Å². The third kappa shape index (κ3) is 4.34. The Balaban J connectivity index is 1.32. The second kappa shape index (κ2) is 9.04. The van der Waals surface area contributed by atoms with Crippen molar-refractivity contribution in [3.05, 3.63) is 59.7 Å². The molecule has 1 fully saturated rings. The minimum Gasteiger partial charge on any atom is -0.480 e. The minimum atomic E-state index is -3.33. The zero-order valence-electron chi connectivity index (χ0n) is 18.8. The Morgan fingerprint density at radius 1 is 1.03 bits per heavy atom. The van der Waals surface area contributed by atoms with Crippen molar-refractivity contribution in [1.29, 1.82) is 0 Å². The van der Waals surface area contributed by atoms with Gasteiger partial charge < -0.3 is 20.5 Å². The normalized spacial score (nSPS) is 20.7. The molecule has 0 bridgehead atoms. The van der Waals surface area contributed by atoms with Crippen LogP contribution in [0.3, 0.4) is 0 Å². The van der Waals surface area contributed by atoms with Crippen molar-refractivity contribution in [2.75, 3.05) is 13.2 Å². The van der Waals surface area contributed by atoms with Crippen LogP contribution in [0.15, 0.2) is 48.5 Å². The van der Waals surface area contributed by atoms with Gasteiger partial charge in [-0.3, -0.25) is 4.79 Å². The van der Waals surface area contributed by atoms with E-state index in [2.05, 4.69) is 10.6 Å². The first-order valence-electron chi connectivity index (χ1n) is 11.1. The van der Waals surface area contributed by atoms with Crippen LogP contribution in [-0.2, 0) is 14.3 Å². The molecule has 4 rings (SSSR count). The van der Waals surface area contributed by atoms with E-state index in [1.165, 1.54) is 0 Å². The molecular formula is C25H26F2N2O5. The molecule has 0 aromatic heterocycles. The smallest absolute Gasteiger partial charge is 0.407 e. The molecule has 34 heavy (non-hydrogen) atoms. The Bertz CT molecular complexity index is 1070. The van der Waals surface area contributed by atoms with Gasteiger partial charge in [-0.2, -0.15) is 0 Å². The number of alkyl halides is 2. The summed E-state index contributed by atoms with van der Waals surface area (Å²) in [6, 6.07) is 14.4. The lowest BCUT2D eigenvalue weighted by molar-refractivity contribution is -0.143. The minimum absolute atomic E-state index is 0.0412. The van der Waals surface area contributed by atoms with Crippen molar-refractivity contribution in [3.8, 4) is 11.1 Å². The van der Waals surface area contributed by atoms with E-state index < -0.39 is 54.2 Å². The molecule has 180 valence electrons. The topological polar surface area (TPSA) is 105 Å². The molecule has 0 saturated heterocycles. The monoisotopic (exact) mass is 472 g/mol. The Hall–Kier alpha value is -3.49. The Morgan fingerprint density at radius 3 is 2.12 bits per heavy atom. The number of alkyl carbamates (subject to hydrolysis) is 1. The van der Waals surface area contributed by atoms with Crippen molar-refractivity contribution in [2.45, 2.75) is 31.7 Å². The highest BCUT2D eigenvalue weighted by Gasteiger charge is 2.71. The van der Waals surface area contributed by atoms with Gasteiger partial charge in [0.05, 0.1) is 5.92 Å². The lowest BCUT2D eigenvalue weighted by Gasteiger charge is -2.17. The molecule has 3 N–H and O–H groups in total. The highest BCUT2D eigenvalue weighted by Crippen LogP contribution is 2.55. The number of carbonyl (C=O) groups is 3. The molecule has 2 aromatic rings. The molecule has 0 heterocycles. The van der Waals surface area contributed by atoms with Crippen molar-refractivity contribution in [3.63, 3.8) is 0 Å². The van der Waals surface area contributed by atoms with E-state index in [4.69, 9.17) is 9.84 Å². The molecule has 9 heteroatoms. The molecule has 2 amide bonds. The lowest BCUT2D eigenvalue weighted by atomic mass is 9.98. The average Bonchev–Trinajstić information content (AvgIpc) is 3.20. The molecule has 0 aliphatic heterocycles. The summed E-state index contributed by atoms with van der Waals surface area (Å²) in [6.45, 7) is 2.72. The van der Waals surface area contributed by atoms with Crippen LogP contribution >= 0.6 is 0 Å². The number of carboxylic acids is 1. The van der Waals surface area contributed by atoms with Crippen molar-refractivity contribution in [1.82, 2.24) is 10.6 Å². The van der Waals surface area contributed by atoms with Crippen molar-refractivity contribution >= 4 is 18.0 Å². The van der Waals surface area contributed by atoms with E-state index in [1.54, 1.807) is 13.8 Å². The highest BCUT2D eigenvalue weighted by molar-refractivity contribution is 5.88. The van der Waals surface area contributed by atoms with Gasteiger partial charge in [0.15, 0.2) is 0 Å². The van der Waals surface area contributed by atoms with Gasteiger partial charge >= 0.3 is 12.1 Å². The quantitative estimate of drug-likeness (QED) is 0.544. The van der Waals surface area contributed by atoms with E-state index in [0.29, 0.717) is 0 Å². The Morgan fingerprint density at radius 2 is 1.59 bits per heavy atom. The highest BCUT2D eigenvalue weighted by atomic mass is 19.3. The number of carbonyl (C=O) groups excluding carboxylic acids is 2. The molecule has 0 spiro atoms. The number of rotatable bonds is 8. The van der Waals surface area contributed by atoms with Gasteiger partial charge in [-0.1, -0.05) is 62.4 Å². The molecule has 2 aliphatic rings. The Kier molecular flexibility index (Phi) is 6.29. The standard InChI is InChI=1S/C25H26F2N2O5/c1-13(2)21(23(31)32)29-22(30)20-19(25(20,26)27)11-28-24(33)34-12-18-16-9-5-3-7-14(16)15-8-4-6-10-17(15)18/h3-10,13,18-21H,11-12H2,1-2H3,(H,28,33)(H,29,30)(H,31,32)/t19-,20-,21?/m0/s1. The largest absolute Gasteiger partial charge is 0.480 e. The molecule has 2 aromatic carbocycles. The van der Waals surface area contributed by atoms with E-state index in [9.17, 15) is 23.2 Å². The Labute approximate surface area is 195 Å². The van der Waals surface area contributed by atoms with Gasteiger partial charge in [0.1, 0.15) is 18.6 Å². The van der Waals surface area contributed by atoms with Crippen LogP contribution < -0.4 is 10.6 Å². The zero-order valence-corrected chi connectivity index (χ0v) is 18.8. The fraction of sp³-hybridized carbons (Fsp3) is 0.400. The molecule has 0 radical (unpaired) electrons. The summed E-state index contributed by atoms with van der Waals surface area (Å²) in [4.78, 5) is 35.7. The van der Waals surface area contributed by atoms with Gasteiger partial charge in [0.2, 0.25) is 5.91 Å². The number of nitrogens with one attached hydrogen (secondary N) is 2. The SMILES string of the molecule is CC(C)C(NC(=O)[C@@H]1[C@H](CNC(=O)OCC2c3ccccc3-c3ccccc32)C1(F)F)C(=O)O. The van der Waals surface area contributed by atoms with Crippen LogP contribution in [0.2, 0.25) is 0 Å². The fourth-order valence-electron chi connectivity index (χ4n) is 4.60. The van der Waals surface area contributed by atoms with E-state index in [1.807, 2.05) is 48.5 Å². The van der Waals surface area contributed by atoms with E-state index >= 15 is 0 Å². The summed E-state index contributed by atoms with van der Waals surface area (Å²) in [5, 5.41) is 13.7. The summed E-state index contributed by atoms with van der Waals surface area (Å²) in [5.74, 6) is -9.40. The fourth-order valence-corrected chi connectivity index (χ4v) is 4.60. The molecule has 1 saturated carbocycles. The van der Waals surface area contributed by atoms with Crippen molar-refractivity contribution < 1.29 is 33.0 Å². The number of fused-ring (bicyclic) bond motifs is 3. The number of benzene rings is 2. The first kappa shape index (κ1) is 23.7. The predicted molar refractivity (Wildman–Crippen MR) is 119 cm³/mol. The molecule has 2 aliphatic carbocycles. The second-order valence-electron chi connectivity index (χ2n) is 9.03. The molecular weight excluding hydrogens is 446 g/mol. The molecule has 1 unspecified atom stereocenters. The van der Waals surface area contributed by atoms with Crippen LogP contribution in [0.5, 0.6) is 0 Å². The maximum absolute atomic E-state index is 14.2. The molecule has 7 nitrogen and oxygen atoms in total. The average molecular weight is 472 g/mol. The van der Waals surface area contributed by atoms with Gasteiger partial charge in [0.25, 0.3) is 5.92 Å². The number of hydrogen-bond donors (Lipinski definition) is 3. The summed E-state index contributed by atoms with van der Waals surface area (Å²) < 4.78 is 33.7. The predicted octanol–water partition coefficient (Wildman–Crippen LogP) is 3.63. The van der Waals surface area contributed by atoms with Crippen LogP contribution in [0, 0.1) is 17.8 Å². The van der Waals surface area contributed by atoms with E-state index in [0.717, 1.165) is 22.3 Å². The van der Waals surface area contributed by atoms with Crippen LogP contribution in [0.25, 0.3) is 11.1 Å².